The summed E-state index contributed by atoms with van der Waals surface area (Å²) in [5.41, 5.74) is 3.52. The van der Waals surface area contributed by atoms with E-state index < -0.39 is 5.97 Å². The normalized spacial score (nSPS) is 17.7. The van der Waals surface area contributed by atoms with E-state index in [4.69, 9.17) is 9.84 Å². The van der Waals surface area contributed by atoms with Gasteiger partial charge in [0.15, 0.2) is 12.4 Å². The number of ketones is 1. The molecule has 0 aromatic heterocycles. The Hall–Kier alpha value is -1.84. The zero-order valence-electron chi connectivity index (χ0n) is 10.7. The fourth-order valence-electron chi connectivity index (χ4n) is 2.45. The van der Waals surface area contributed by atoms with Gasteiger partial charge in [-0.25, -0.2) is 4.79 Å². The first-order valence-corrected chi connectivity index (χ1v) is 5.93. The van der Waals surface area contributed by atoms with Gasteiger partial charge in [-0.2, -0.15) is 0 Å². The zero-order chi connectivity index (χ0) is 13.4. The predicted molar refractivity (Wildman–Crippen MR) is 66.4 cm³/mol. The molecule has 96 valence electrons. The van der Waals surface area contributed by atoms with Gasteiger partial charge in [0, 0.05) is 12.0 Å². The molecule has 1 atom stereocenters. The summed E-state index contributed by atoms with van der Waals surface area (Å²) in [7, 11) is 0. The molecule has 18 heavy (non-hydrogen) atoms. The number of hydrogen-bond acceptors (Lipinski definition) is 3. The van der Waals surface area contributed by atoms with Gasteiger partial charge in [-0.1, -0.05) is 6.92 Å². The summed E-state index contributed by atoms with van der Waals surface area (Å²) in [6, 6.07) is 1.82. The van der Waals surface area contributed by atoms with Crippen LogP contribution in [0.2, 0.25) is 0 Å². The average molecular weight is 248 g/mol. The number of carbonyl (C=O) groups is 2. The van der Waals surface area contributed by atoms with E-state index in [0.717, 1.165) is 22.3 Å². The van der Waals surface area contributed by atoms with Gasteiger partial charge in [0.05, 0.1) is 0 Å². The molecule has 0 aliphatic heterocycles. The van der Waals surface area contributed by atoms with Crippen LogP contribution in [0.1, 0.15) is 46.3 Å². The van der Waals surface area contributed by atoms with Crippen LogP contribution in [0.5, 0.6) is 5.75 Å². The van der Waals surface area contributed by atoms with Crippen LogP contribution >= 0.6 is 0 Å². The van der Waals surface area contributed by atoms with E-state index in [0.29, 0.717) is 12.2 Å². The van der Waals surface area contributed by atoms with Gasteiger partial charge in [0.1, 0.15) is 5.75 Å². The van der Waals surface area contributed by atoms with Crippen LogP contribution in [0.15, 0.2) is 6.07 Å². The Bertz CT molecular complexity index is 531. The smallest absolute Gasteiger partial charge is 0.341 e. The third kappa shape index (κ3) is 1.98. The number of carboxylic acids is 1. The molecule has 0 fully saturated rings. The fraction of sp³-hybridized carbons (Fsp3) is 0.429. The molecule has 4 nitrogen and oxygen atoms in total. The molecule has 1 aromatic rings. The molecule has 0 bridgehead atoms. The van der Waals surface area contributed by atoms with Crippen molar-refractivity contribution < 1.29 is 19.4 Å². The first kappa shape index (κ1) is 12.6. The molecule has 0 saturated carbocycles. The minimum Gasteiger partial charge on any atom is -0.482 e. The van der Waals surface area contributed by atoms with Crippen molar-refractivity contribution in [1.29, 1.82) is 0 Å². The molecule has 0 heterocycles. The quantitative estimate of drug-likeness (QED) is 0.892. The summed E-state index contributed by atoms with van der Waals surface area (Å²) >= 11 is 0. The predicted octanol–water partition coefficient (Wildman–Crippen LogP) is 2.46. The summed E-state index contributed by atoms with van der Waals surface area (Å²) in [6.45, 7) is 5.38. The molecule has 1 aliphatic carbocycles. The van der Waals surface area contributed by atoms with Crippen molar-refractivity contribution >= 4 is 11.8 Å². The lowest BCUT2D eigenvalue weighted by molar-refractivity contribution is -0.139. The Morgan fingerprint density at radius 1 is 1.44 bits per heavy atom. The van der Waals surface area contributed by atoms with E-state index in [-0.39, 0.29) is 18.3 Å². The van der Waals surface area contributed by atoms with Gasteiger partial charge in [0.2, 0.25) is 0 Å². The minimum atomic E-state index is -1.00. The number of carboxylic acid groups (broad SMARTS) is 1. The molecule has 0 saturated heterocycles. The molecule has 0 radical (unpaired) electrons. The molecule has 0 spiro atoms. The highest BCUT2D eigenvalue weighted by Gasteiger charge is 2.29. The van der Waals surface area contributed by atoms with Gasteiger partial charge in [-0.05, 0) is 42.5 Å². The first-order valence-electron chi connectivity index (χ1n) is 5.93. The highest BCUT2D eigenvalue weighted by atomic mass is 16.5. The van der Waals surface area contributed by atoms with Crippen LogP contribution in [-0.2, 0) is 4.79 Å². The molecular weight excluding hydrogens is 232 g/mol. The third-order valence-corrected chi connectivity index (χ3v) is 3.53. The number of carbonyl (C=O) groups excluding carboxylic acids is 1. The Morgan fingerprint density at radius 3 is 2.72 bits per heavy atom. The van der Waals surface area contributed by atoms with Gasteiger partial charge in [0.25, 0.3) is 0 Å². The Balaban J connectivity index is 2.46. The maximum atomic E-state index is 11.9. The van der Waals surface area contributed by atoms with Crippen LogP contribution in [0.4, 0.5) is 0 Å². The van der Waals surface area contributed by atoms with Crippen molar-refractivity contribution in [3.05, 3.63) is 28.3 Å². The van der Waals surface area contributed by atoms with Crippen LogP contribution < -0.4 is 4.74 Å². The number of benzene rings is 1. The van der Waals surface area contributed by atoms with Crippen molar-refractivity contribution in [2.75, 3.05) is 6.61 Å². The van der Waals surface area contributed by atoms with Gasteiger partial charge in [-0.3, -0.25) is 4.79 Å². The van der Waals surface area contributed by atoms with Crippen LogP contribution in [-0.4, -0.2) is 23.5 Å². The second-order valence-corrected chi connectivity index (χ2v) is 4.80. The zero-order valence-corrected chi connectivity index (χ0v) is 10.7. The van der Waals surface area contributed by atoms with Crippen molar-refractivity contribution in [2.24, 2.45) is 0 Å². The maximum Gasteiger partial charge on any atom is 0.341 e. The largest absolute Gasteiger partial charge is 0.482 e. The number of rotatable bonds is 3. The molecule has 1 aromatic carbocycles. The minimum absolute atomic E-state index is 0.169. The third-order valence-electron chi connectivity index (χ3n) is 3.53. The number of Topliss-reactive ketones (excluding diaryl/α,β-unsaturated/α-hetero) is 1. The van der Waals surface area contributed by atoms with Crippen molar-refractivity contribution in [3.63, 3.8) is 0 Å². The molecule has 0 unspecified atom stereocenters. The maximum absolute atomic E-state index is 11.9. The number of fused-ring (bicyclic) bond motifs is 1. The van der Waals surface area contributed by atoms with E-state index >= 15 is 0 Å². The van der Waals surface area contributed by atoms with E-state index in [9.17, 15) is 9.59 Å². The number of aliphatic carboxylic acids is 1. The topological polar surface area (TPSA) is 63.6 Å². The summed E-state index contributed by atoms with van der Waals surface area (Å²) in [5.74, 6) is -0.0891. The SMILES string of the molecule is Cc1c(OCC(=O)O)cc2c(c1C)C(=O)C[C@H]2C. The van der Waals surface area contributed by atoms with Crippen molar-refractivity contribution in [2.45, 2.75) is 33.1 Å². The average Bonchev–Trinajstić information content (AvgIpc) is 2.57. The summed E-state index contributed by atoms with van der Waals surface area (Å²) in [5, 5.41) is 8.64. The van der Waals surface area contributed by atoms with E-state index in [1.165, 1.54) is 0 Å². The van der Waals surface area contributed by atoms with E-state index in [1.807, 2.05) is 26.8 Å². The van der Waals surface area contributed by atoms with Crippen LogP contribution in [0.3, 0.4) is 0 Å². The molecule has 0 amide bonds. The summed E-state index contributed by atoms with van der Waals surface area (Å²) < 4.78 is 5.28. The van der Waals surface area contributed by atoms with Gasteiger partial charge >= 0.3 is 5.97 Å². The molecule has 2 rings (SSSR count). The Labute approximate surface area is 106 Å². The second-order valence-electron chi connectivity index (χ2n) is 4.80. The number of hydrogen-bond donors (Lipinski definition) is 1. The summed E-state index contributed by atoms with van der Waals surface area (Å²) in [4.78, 5) is 22.4. The van der Waals surface area contributed by atoms with Crippen molar-refractivity contribution in [3.8, 4) is 5.75 Å². The van der Waals surface area contributed by atoms with E-state index in [1.54, 1.807) is 0 Å². The van der Waals surface area contributed by atoms with Gasteiger partial charge in [-0.15, -0.1) is 0 Å². The highest BCUT2D eigenvalue weighted by molar-refractivity contribution is 6.03. The summed E-state index contributed by atoms with van der Waals surface area (Å²) in [6.07, 6.45) is 0.526. The number of ether oxygens (including phenoxy) is 1. The second kappa shape index (κ2) is 4.44. The lowest BCUT2D eigenvalue weighted by atomic mass is 9.96. The van der Waals surface area contributed by atoms with E-state index in [2.05, 4.69) is 0 Å². The fourth-order valence-corrected chi connectivity index (χ4v) is 2.45. The highest BCUT2D eigenvalue weighted by Crippen LogP contribution is 2.39. The standard InChI is InChI=1S/C14H16O4/c1-7-4-11(15)14-9(3)8(2)12(5-10(7)14)18-6-13(16)17/h5,7H,4,6H2,1-3H3,(H,16,17)/t7-/m1/s1. The van der Waals surface area contributed by atoms with Gasteiger partial charge < -0.3 is 9.84 Å². The molecule has 1 aliphatic rings. The van der Waals surface area contributed by atoms with Crippen LogP contribution in [0, 0.1) is 13.8 Å². The van der Waals surface area contributed by atoms with Crippen molar-refractivity contribution in [1.82, 2.24) is 0 Å². The lowest BCUT2D eigenvalue weighted by Gasteiger charge is -2.14. The Morgan fingerprint density at radius 2 is 2.11 bits per heavy atom. The van der Waals surface area contributed by atoms with Crippen LogP contribution in [0.25, 0.3) is 0 Å². The molecule has 1 N–H and O–H groups in total. The first-order chi connectivity index (χ1) is 8.41. The molecule has 4 heteroatoms. The lowest BCUT2D eigenvalue weighted by Crippen LogP contribution is -2.11. The molecular formula is C14H16O4. The monoisotopic (exact) mass is 248 g/mol. The Kier molecular flexibility index (Phi) is 3.11.